The van der Waals surface area contributed by atoms with Crippen molar-refractivity contribution in [1.29, 1.82) is 0 Å². The minimum absolute atomic E-state index is 0.686. The van der Waals surface area contributed by atoms with Gasteiger partial charge in [0.15, 0.2) is 0 Å². The normalized spacial score (nSPS) is 12.0. The van der Waals surface area contributed by atoms with E-state index in [0.29, 0.717) is 19.8 Å². The van der Waals surface area contributed by atoms with Gasteiger partial charge in [-0.15, -0.1) is 0 Å². The van der Waals surface area contributed by atoms with Crippen LogP contribution in [0.15, 0.2) is 0 Å². The summed E-state index contributed by atoms with van der Waals surface area (Å²) in [5.74, 6) is 0. The summed E-state index contributed by atoms with van der Waals surface area (Å²) in [6, 6.07) is 0.974. The van der Waals surface area contributed by atoms with E-state index in [4.69, 9.17) is 13.3 Å². The largest absolute Gasteiger partial charge is 0.500 e. The summed E-state index contributed by atoms with van der Waals surface area (Å²) in [6.45, 7) is 10.5. The molecule has 0 aliphatic heterocycles. The molecule has 0 fully saturated rings. The van der Waals surface area contributed by atoms with Crippen LogP contribution in [0.3, 0.4) is 0 Å². The minimum Gasteiger partial charge on any atom is -0.374 e. The molecule has 0 aliphatic carbocycles. The molecule has 0 aromatic rings. The lowest BCUT2D eigenvalue weighted by Crippen LogP contribution is -2.45. The van der Waals surface area contributed by atoms with Crippen molar-refractivity contribution in [3.8, 4) is 0 Å². The molecule has 35 heavy (non-hydrogen) atoms. The highest BCUT2D eigenvalue weighted by Crippen LogP contribution is 2.21. The van der Waals surface area contributed by atoms with Crippen molar-refractivity contribution >= 4 is 8.80 Å². The molecule has 0 rings (SSSR count). The van der Waals surface area contributed by atoms with Gasteiger partial charge in [0, 0.05) is 25.9 Å². The molecule has 0 saturated carbocycles. The molecule has 0 spiro atoms. The molecule has 0 heterocycles. The van der Waals surface area contributed by atoms with Gasteiger partial charge in [-0.05, 0) is 27.2 Å². The highest BCUT2D eigenvalue weighted by molar-refractivity contribution is 6.60. The summed E-state index contributed by atoms with van der Waals surface area (Å²) in [4.78, 5) is 0. The zero-order valence-corrected chi connectivity index (χ0v) is 25.8. The first-order chi connectivity index (χ1) is 17.2. The van der Waals surface area contributed by atoms with Gasteiger partial charge in [-0.25, -0.2) is 0 Å². The van der Waals surface area contributed by atoms with Gasteiger partial charge in [-0.3, -0.25) is 0 Å². The van der Waals surface area contributed by atoms with Crippen LogP contribution in [-0.4, -0.2) is 28.6 Å². The molecule has 0 bridgehead atoms. The van der Waals surface area contributed by atoms with Crippen LogP contribution in [0.25, 0.3) is 0 Å². The molecule has 0 atom stereocenters. The molecule has 3 nitrogen and oxygen atoms in total. The fourth-order valence-electron chi connectivity index (χ4n) is 5.13. The van der Waals surface area contributed by atoms with Gasteiger partial charge in [0.1, 0.15) is 0 Å². The van der Waals surface area contributed by atoms with Crippen molar-refractivity contribution in [2.24, 2.45) is 0 Å². The Morgan fingerprint density at radius 1 is 0.314 bits per heavy atom. The van der Waals surface area contributed by atoms with E-state index < -0.39 is 8.80 Å². The van der Waals surface area contributed by atoms with Crippen LogP contribution < -0.4 is 0 Å². The monoisotopic (exact) mass is 514 g/mol. The van der Waals surface area contributed by atoms with E-state index in [1.165, 1.54) is 148 Å². The van der Waals surface area contributed by atoms with Crippen LogP contribution in [0.1, 0.15) is 175 Å². The first-order valence-electron chi connectivity index (χ1n) is 16.2. The van der Waals surface area contributed by atoms with Gasteiger partial charge in [0.05, 0.1) is 0 Å². The number of unbranched alkanes of at least 4 members (excludes halogenated alkanes) is 22. The SMILES string of the molecule is CCCCCCCCCCCCCCCCCCCCCCCCC[Si](OCC)(OCC)OCC. The minimum atomic E-state index is -2.41. The van der Waals surface area contributed by atoms with Crippen molar-refractivity contribution in [3.63, 3.8) is 0 Å². The number of hydrogen-bond acceptors (Lipinski definition) is 3. The second-order valence-electron chi connectivity index (χ2n) is 10.5. The molecular formula is C31H66O3Si. The van der Waals surface area contributed by atoms with Crippen molar-refractivity contribution in [3.05, 3.63) is 0 Å². The van der Waals surface area contributed by atoms with Gasteiger partial charge in [-0.1, -0.05) is 148 Å². The highest BCUT2D eigenvalue weighted by atomic mass is 28.4. The van der Waals surface area contributed by atoms with Gasteiger partial charge in [-0.2, -0.15) is 0 Å². The highest BCUT2D eigenvalue weighted by Gasteiger charge is 2.39. The third-order valence-electron chi connectivity index (χ3n) is 7.18. The Labute approximate surface area is 223 Å². The first kappa shape index (κ1) is 35.1. The maximum atomic E-state index is 5.95. The van der Waals surface area contributed by atoms with E-state index >= 15 is 0 Å². The molecule has 0 amide bonds. The van der Waals surface area contributed by atoms with Crippen LogP contribution in [0.5, 0.6) is 0 Å². The lowest BCUT2D eigenvalue weighted by molar-refractivity contribution is 0.0706. The van der Waals surface area contributed by atoms with Gasteiger partial charge >= 0.3 is 8.80 Å². The van der Waals surface area contributed by atoms with Crippen molar-refractivity contribution in [2.45, 2.75) is 181 Å². The summed E-state index contributed by atoms with van der Waals surface area (Å²) in [6.07, 6.45) is 32.8. The topological polar surface area (TPSA) is 27.7 Å². The Hall–Kier alpha value is 0.0969. The van der Waals surface area contributed by atoms with Crippen molar-refractivity contribution in [1.82, 2.24) is 0 Å². The van der Waals surface area contributed by atoms with E-state index in [0.717, 1.165) is 6.04 Å². The van der Waals surface area contributed by atoms with E-state index in [9.17, 15) is 0 Å². The fraction of sp³-hybridized carbons (Fsp3) is 1.00. The van der Waals surface area contributed by atoms with Crippen molar-refractivity contribution in [2.75, 3.05) is 19.8 Å². The Balaban J connectivity index is 3.32. The van der Waals surface area contributed by atoms with Gasteiger partial charge in [0.25, 0.3) is 0 Å². The lowest BCUT2D eigenvalue weighted by Gasteiger charge is -2.28. The smallest absolute Gasteiger partial charge is 0.374 e. The summed E-state index contributed by atoms with van der Waals surface area (Å²) in [7, 11) is -2.41. The second kappa shape index (κ2) is 28.7. The van der Waals surface area contributed by atoms with Crippen LogP contribution in [0.2, 0.25) is 6.04 Å². The predicted octanol–water partition coefficient (Wildman–Crippen LogP) is 11.0. The van der Waals surface area contributed by atoms with Crippen molar-refractivity contribution < 1.29 is 13.3 Å². The molecule has 0 radical (unpaired) electrons. The molecule has 0 unspecified atom stereocenters. The maximum absolute atomic E-state index is 5.95. The summed E-state index contributed by atoms with van der Waals surface area (Å²) >= 11 is 0. The molecule has 0 aliphatic rings. The Bertz CT molecular complexity index is 374. The zero-order chi connectivity index (χ0) is 25.7. The Morgan fingerprint density at radius 3 is 0.771 bits per heavy atom. The van der Waals surface area contributed by atoms with Gasteiger partial charge in [0.2, 0.25) is 0 Å². The standard InChI is InChI=1S/C31H66O3Si/c1-5-9-10-11-12-13-14-15-16-17-18-19-20-21-22-23-24-25-26-27-28-29-30-31-35(32-6-2,33-7-3)34-8-4/h5-31H2,1-4H3. The Kier molecular flexibility index (Phi) is 28.7. The van der Waals surface area contributed by atoms with Gasteiger partial charge < -0.3 is 13.3 Å². The first-order valence-corrected chi connectivity index (χ1v) is 18.1. The maximum Gasteiger partial charge on any atom is 0.500 e. The van der Waals surface area contributed by atoms with E-state index in [2.05, 4.69) is 6.92 Å². The quantitative estimate of drug-likeness (QED) is 0.0704. The zero-order valence-electron chi connectivity index (χ0n) is 24.8. The van der Waals surface area contributed by atoms with Crippen LogP contribution >= 0.6 is 0 Å². The lowest BCUT2D eigenvalue weighted by atomic mass is 10.0. The summed E-state index contributed by atoms with van der Waals surface area (Å²) < 4.78 is 17.9. The summed E-state index contributed by atoms with van der Waals surface area (Å²) in [5, 5.41) is 0. The Morgan fingerprint density at radius 2 is 0.543 bits per heavy atom. The fourth-order valence-corrected chi connectivity index (χ4v) is 7.81. The average molecular weight is 515 g/mol. The third kappa shape index (κ3) is 24.2. The van der Waals surface area contributed by atoms with E-state index in [-0.39, 0.29) is 0 Å². The van der Waals surface area contributed by atoms with E-state index in [1.807, 2.05) is 20.8 Å². The molecular weight excluding hydrogens is 448 g/mol. The molecule has 0 N–H and O–H groups in total. The molecule has 4 heteroatoms. The van der Waals surface area contributed by atoms with E-state index in [1.54, 1.807) is 0 Å². The third-order valence-corrected chi connectivity index (χ3v) is 10.3. The molecule has 0 aromatic carbocycles. The average Bonchev–Trinajstić information content (AvgIpc) is 2.85. The second-order valence-corrected chi connectivity index (χ2v) is 13.2. The summed E-state index contributed by atoms with van der Waals surface area (Å²) in [5.41, 5.74) is 0. The predicted molar refractivity (Wildman–Crippen MR) is 157 cm³/mol. The number of rotatable bonds is 30. The van der Waals surface area contributed by atoms with Crippen LogP contribution in [0.4, 0.5) is 0 Å². The molecule has 0 saturated heterocycles. The van der Waals surface area contributed by atoms with Crippen LogP contribution in [0, 0.1) is 0 Å². The molecule has 212 valence electrons. The van der Waals surface area contributed by atoms with Crippen LogP contribution in [-0.2, 0) is 13.3 Å². The molecule has 0 aromatic heterocycles. The number of hydrogen-bond donors (Lipinski definition) is 0.